The highest BCUT2D eigenvalue weighted by molar-refractivity contribution is 7.91. The van der Waals surface area contributed by atoms with Gasteiger partial charge in [-0.2, -0.15) is 0 Å². The molecule has 1 rings (SSSR count). The highest BCUT2D eigenvalue weighted by atomic mass is 32.2. The molecule has 1 aromatic rings. The average molecular weight is 213 g/mol. The summed E-state index contributed by atoms with van der Waals surface area (Å²) in [5.74, 6) is 0.305. The van der Waals surface area contributed by atoms with Gasteiger partial charge in [0.1, 0.15) is 0 Å². The van der Waals surface area contributed by atoms with Crippen molar-refractivity contribution >= 4 is 9.73 Å². The van der Waals surface area contributed by atoms with Crippen molar-refractivity contribution in [2.75, 3.05) is 18.6 Å². The normalized spacial score (nSPS) is 14.9. The molecule has 78 valence electrons. The Morgan fingerprint density at radius 2 is 2.00 bits per heavy atom. The van der Waals surface area contributed by atoms with E-state index in [1.54, 1.807) is 0 Å². The van der Waals surface area contributed by atoms with Crippen LogP contribution < -0.4 is 0 Å². The lowest BCUT2D eigenvalue weighted by atomic mass is 10.2. The third-order valence-corrected chi connectivity index (χ3v) is 2.67. The summed E-state index contributed by atoms with van der Waals surface area (Å²) >= 11 is 0. The van der Waals surface area contributed by atoms with Gasteiger partial charge in [-0.25, -0.2) is 0 Å². The first kappa shape index (κ1) is 11.2. The molecular formula is C10H15NO2S. The van der Waals surface area contributed by atoms with E-state index in [1.807, 2.05) is 30.3 Å². The van der Waals surface area contributed by atoms with E-state index in [4.69, 9.17) is 9.52 Å². The third kappa shape index (κ3) is 4.99. The lowest BCUT2D eigenvalue weighted by molar-refractivity contribution is 0.136. The van der Waals surface area contributed by atoms with E-state index in [0.29, 0.717) is 19.0 Å². The molecule has 0 saturated carbocycles. The molecule has 0 aliphatic rings. The number of nitrogens with one attached hydrogen (secondary N) is 1. The summed E-state index contributed by atoms with van der Waals surface area (Å²) in [5, 5.41) is 0. The van der Waals surface area contributed by atoms with Crippen LogP contribution in [0.4, 0.5) is 0 Å². The van der Waals surface area contributed by atoms with Crippen LogP contribution in [-0.2, 0) is 21.1 Å². The molecule has 0 bridgehead atoms. The Morgan fingerprint density at radius 3 is 2.57 bits per heavy atom. The van der Waals surface area contributed by atoms with Crippen molar-refractivity contribution in [3.8, 4) is 0 Å². The Morgan fingerprint density at radius 1 is 1.36 bits per heavy atom. The van der Waals surface area contributed by atoms with Crippen LogP contribution in [0.3, 0.4) is 0 Å². The zero-order chi connectivity index (χ0) is 10.4. The third-order valence-electron chi connectivity index (χ3n) is 1.73. The van der Waals surface area contributed by atoms with Gasteiger partial charge in [-0.15, -0.1) is 0 Å². The second-order valence-electron chi connectivity index (χ2n) is 3.25. The molecule has 0 aliphatic heterocycles. The molecule has 0 aliphatic carbocycles. The molecule has 0 spiro atoms. The van der Waals surface area contributed by atoms with E-state index in [2.05, 4.69) is 0 Å². The maximum atomic E-state index is 11.0. The van der Waals surface area contributed by atoms with E-state index in [-0.39, 0.29) is 0 Å². The fourth-order valence-corrected chi connectivity index (χ4v) is 1.42. The van der Waals surface area contributed by atoms with Gasteiger partial charge in [0, 0.05) is 16.0 Å². The van der Waals surface area contributed by atoms with Gasteiger partial charge < -0.3 is 4.74 Å². The van der Waals surface area contributed by atoms with Gasteiger partial charge in [-0.05, 0) is 5.56 Å². The van der Waals surface area contributed by atoms with E-state index in [0.717, 1.165) is 5.56 Å². The highest BCUT2D eigenvalue weighted by Gasteiger charge is 1.97. The topological polar surface area (TPSA) is 50.2 Å². The van der Waals surface area contributed by atoms with E-state index in [1.165, 1.54) is 6.26 Å². The Bertz CT molecular complexity index is 359. The summed E-state index contributed by atoms with van der Waals surface area (Å²) in [6.07, 6.45) is 1.43. The van der Waals surface area contributed by atoms with Gasteiger partial charge in [0.05, 0.1) is 19.0 Å². The molecule has 1 atom stereocenters. The van der Waals surface area contributed by atoms with E-state index < -0.39 is 9.73 Å². The van der Waals surface area contributed by atoms with E-state index in [9.17, 15) is 4.21 Å². The van der Waals surface area contributed by atoms with Crippen LogP contribution in [0.1, 0.15) is 5.56 Å². The second-order valence-corrected chi connectivity index (χ2v) is 5.67. The predicted octanol–water partition coefficient (Wildman–Crippen LogP) is 1.88. The molecule has 14 heavy (non-hydrogen) atoms. The monoisotopic (exact) mass is 213 g/mol. The van der Waals surface area contributed by atoms with Crippen molar-refractivity contribution in [2.24, 2.45) is 0 Å². The van der Waals surface area contributed by atoms with Crippen molar-refractivity contribution in [2.45, 2.75) is 6.61 Å². The van der Waals surface area contributed by atoms with Crippen LogP contribution in [0.25, 0.3) is 0 Å². The lowest BCUT2D eigenvalue weighted by Gasteiger charge is -2.04. The fraction of sp³-hybridized carbons (Fsp3) is 0.400. The van der Waals surface area contributed by atoms with Gasteiger partial charge in [0.25, 0.3) is 0 Å². The van der Waals surface area contributed by atoms with E-state index >= 15 is 0 Å². The van der Waals surface area contributed by atoms with Crippen molar-refractivity contribution < 1.29 is 8.95 Å². The zero-order valence-corrected chi connectivity index (χ0v) is 9.05. The Balaban J connectivity index is 2.23. The molecule has 0 saturated heterocycles. The largest absolute Gasteiger partial charge is 0.376 e. The molecule has 1 aromatic carbocycles. The van der Waals surface area contributed by atoms with Crippen LogP contribution in [0.15, 0.2) is 30.3 Å². The summed E-state index contributed by atoms with van der Waals surface area (Å²) in [6, 6.07) is 9.80. The Hall–Kier alpha value is -0.870. The zero-order valence-electron chi connectivity index (χ0n) is 8.23. The quantitative estimate of drug-likeness (QED) is 0.759. The van der Waals surface area contributed by atoms with Crippen molar-refractivity contribution in [1.82, 2.24) is 0 Å². The minimum atomic E-state index is -2.40. The maximum absolute atomic E-state index is 11.0. The molecular weight excluding hydrogens is 198 g/mol. The number of hydrogen-bond acceptors (Lipinski definition) is 3. The summed E-state index contributed by atoms with van der Waals surface area (Å²) < 4.78 is 23.4. The molecule has 0 amide bonds. The van der Waals surface area contributed by atoms with Gasteiger partial charge in [0.15, 0.2) is 0 Å². The van der Waals surface area contributed by atoms with Gasteiger partial charge >= 0.3 is 0 Å². The summed E-state index contributed by atoms with van der Waals surface area (Å²) in [6.45, 7) is 0.907. The minimum Gasteiger partial charge on any atom is -0.376 e. The van der Waals surface area contributed by atoms with Crippen molar-refractivity contribution in [1.29, 1.82) is 4.78 Å². The Labute approximate surface area is 85.1 Å². The molecule has 1 N–H and O–H groups in total. The van der Waals surface area contributed by atoms with Gasteiger partial charge in [-0.1, -0.05) is 30.3 Å². The number of rotatable bonds is 5. The molecule has 3 nitrogen and oxygen atoms in total. The standard InChI is InChI=1S/C10H15NO2S/c1-14(11,12)8-7-13-9-10-5-3-2-4-6-10/h2-6,11H,7-9H2,1H3/t14-/m0/s1. The SMILES string of the molecule is C[S@](=N)(=O)CCOCc1ccccc1. The van der Waals surface area contributed by atoms with Crippen LogP contribution in [0.2, 0.25) is 0 Å². The van der Waals surface area contributed by atoms with Crippen LogP contribution in [0, 0.1) is 4.78 Å². The Kier molecular flexibility index (Phi) is 4.10. The van der Waals surface area contributed by atoms with Crippen LogP contribution in [0.5, 0.6) is 0 Å². The molecule has 4 heteroatoms. The molecule has 0 heterocycles. The maximum Gasteiger partial charge on any atom is 0.0717 e. The molecule has 0 fully saturated rings. The first-order valence-electron chi connectivity index (χ1n) is 4.41. The molecule has 0 aromatic heterocycles. The van der Waals surface area contributed by atoms with Crippen LogP contribution in [-0.4, -0.2) is 22.8 Å². The first-order chi connectivity index (χ1) is 6.58. The number of ether oxygens (including phenoxy) is 1. The van der Waals surface area contributed by atoms with Gasteiger partial charge in [-0.3, -0.25) is 8.99 Å². The minimum absolute atomic E-state index is 0.305. The second kappa shape index (κ2) is 5.12. The summed E-state index contributed by atoms with van der Waals surface area (Å²) in [5.41, 5.74) is 1.10. The lowest BCUT2D eigenvalue weighted by Crippen LogP contribution is -2.08. The number of benzene rings is 1. The fourth-order valence-electron chi connectivity index (χ4n) is 0.982. The average Bonchev–Trinajstić information content (AvgIpc) is 2.13. The van der Waals surface area contributed by atoms with Crippen molar-refractivity contribution in [3.05, 3.63) is 35.9 Å². The van der Waals surface area contributed by atoms with Gasteiger partial charge in [0.2, 0.25) is 0 Å². The molecule has 0 radical (unpaired) electrons. The summed E-state index contributed by atoms with van der Waals surface area (Å²) in [4.78, 5) is 0. The van der Waals surface area contributed by atoms with Crippen LogP contribution >= 0.6 is 0 Å². The molecule has 0 unspecified atom stereocenters. The first-order valence-corrected chi connectivity index (χ1v) is 6.54. The highest BCUT2D eigenvalue weighted by Crippen LogP contribution is 2.00. The smallest absolute Gasteiger partial charge is 0.0717 e. The summed E-state index contributed by atoms with van der Waals surface area (Å²) in [7, 11) is -2.40. The predicted molar refractivity (Wildman–Crippen MR) is 57.8 cm³/mol. The number of hydrogen-bond donors (Lipinski definition) is 1. The van der Waals surface area contributed by atoms with Crippen molar-refractivity contribution in [3.63, 3.8) is 0 Å².